The van der Waals surface area contributed by atoms with E-state index in [1.165, 1.54) is 7.11 Å². The second-order valence-electron chi connectivity index (χ2n) is 3.97. The Morgan fingerprint density at radius 1 is 1.41 bits per heavy atom. The van der Waals surface area contributed by atoms with Crippen molar-refractivity contribution in [1.29, 1.82) is 0 Å². The maximum absolute atomic E-state index is 11.6. The van der Waals surface area contributed by atoms with Gasteiger partial charge in [-0.1, -0.05) is 6.42 Å². The normalized spacial score (nSPS) is 19.0. The number of hydrogen-bond donors (Lipinski definition) is 2. The number of carbonyl (C=O) groups is 2. The molecule has 1 aliphatic heterocycles. The van der Waals surface area contributed by atoms with Crippen LogP contribution in [0.1, 0.15) is 32.1 Å². The molecule has 0 aromatic heterocycles. The smallest absolute Gasteiger partial charge is 0.305 e. The van der Waals surface area contributed by atoms with Crippen LogP contribution in [0.25, 0.3) is 0 Å². The summed E-state index contributed by atoms with van der Waals surface area (Å²) >= 11 is 0. The highest BCUT2D eigenvalue weighted by atomic mass is 35.5. The summed E-state index contributed by atoms with van der Waals surface area (Å²) in [5.74, 6) is -0.186. The Morgan fingerprint density at radius 2 is 2.18 bits per heavy atom. The number of carbonyl (C=O) groups excluding carboxylic acids is 2. The third kappa shape index (κ3) is 6.48. The summed E-state index contributed by atoms with van der Waals surface area (Å²) in [4.78, 5) is 22.4. The third-order valence-corrected chi connectivity index (χ3v) is 2.71. The average Bonchev–Trinajstić information content (AvgIpc) is 2.35. The average molecular weight is 265 g/mol. The van der Waals surface area contributed by atoms with E-state index < -0.39 is 0 Å². The Hall–Kier alpha value is -0.810. The zero-order valence-corrected chi connectivity index (χ0v) is 11.0. The number of esters is 1. The summed E-state index contributed by atoms with van der Waals surface area (Å²) in [6, 6.07) is -0.0492. The van der Waals surface area contributed by atoms with Crippen LogP contribution in [0.5, 0.6) is 0 Å². The number of methoxy groups -OCH3 is 1. The van der Waals surface area contributed by atoms with E-state index in [0.29, 0.717) is 19.4 Å². The molecule has 100 valence electrons. The van der Waals surface area contributed by atoms with Crippen LogP contribution in [0, 0.1) is 0 Å². The minimum absolute atomic E-state index is 0. The predicted octanol–water partition coefficient (Wildman–Crippen LogP) is 0.620. The fourth-order valence-electron chi connectivity index (χ4n) is 1.75. The number of nitrogens with one attached hydrogen (secondary N) is 2. The van der Waals surface area contributed by atoms with Crippen molar-refractivity contribution in [3.05, 3.63) is 0 Å². The van der Waals surface area contributed by atoms with Crippen molar-refractivity contribution >= 4 is 24.3 Å². The molecule has 1 unspecified atom stereocenters. The van der Waals surface area contributed by atoms with Gasteiger partial charge in [0, 0.05) is 13.0 Å². The standard InChI is InChI=1S/C11H20N2O3.ClH/c1-16-10(14)6-4-8-13-11(15)9-5-2-3-7-12-9;/h9,12H,2-8H2,1H3,(H,13,15);1H. The number of halogens is 1. The lowest BCUT2D eigenvalue weighted by atomic mass is 10.0. The van der Waals surface area contributed by atoms with E-state index in [1.807, 2.05) is 0 Å². The van der Waals surface area contributed by atoms with E-state index in [2.05, 4.69) is 15.4 Å². The zero-order chi connectivity index (χ0) is 11.8. The molecule has 5 nitrogen and oxygen atoms in total. The number of hydrogen-bond acceptors (Lipinski definition) is 4. The van der Waals surface area contributed by atoms with Gasteiger partial charge in [0.25, 0.3) is 0 Å². The SMILES string of the molecule is COC(=O)CCCNC(=O)C1CCCCN1.Cl. The monoisotopic (exact) mass is 264 g/mol. The molecular formula is C11H21ClN2O3. The minimum Gasteiger partial charge on any atom is -0.469 e. The second kappa shape index (κ2) is 9.24. The Kier molecular flexibility index (Phi) is 8.80. The Morgan fingerprint density at radius 3 is 2.76 bits per heavy atom. The highest BCUT2D eigenvalue weighted by Gasteiger charge is 2.19. The molecule has 1 saturated heterocycles. The first-order valence-electron chi connectivity index (χ1n) is 5.82. The second-order valence-corrected chi connectivity index (χ2v) is 3.97. The van der Waals surface area contributed by atoms with Crippen molar-refractivity contribution in [1.82, 2.24) is 10.6 Å². The molecule has 0 aliphatic carbocycles. The van der Waals surface area contributed by atoms with Crippen molar-refractivity contribution < 1.29 is 14.3 Å². The first-order chi connectivity index (χ1) is 7.74. The Bertz CT molecular complexity index is 243. The predicted molar refractivity (Wildman–Crippen MR) is 67.1 cm³/mol. The summed E-state index contributed by atoms with van der Waals surface area (Å²) in [5, 5.41) is 6.00. The highest BCUT2D eigenvalue weighted by molar-refractivity contribution is 5.85. The van der Waals surface area contributed by atoms with Crippen LogP contribution < -0.4 is 10.6 Å². The van der Waals surface area contributed by atoms with Crippen molar-refractivity contribution in [2.45, 2.75) is 38.1 Å². The fraction of sp³-hybridized carbons (Fsp3) is 0.818. The molecule has 0 aromatic rings. The topological polar surface area (TPSA) is 67.4 Å². The van der Waals surface area contributed by atoms with Crippen LogP contribution in [0.15, 0.2) is 0 Å². The zero-order valence-electron chi connectivity index (χ0n) is 10.2. The van der Waals surface area contributed by atoms with Gasteiger partial charge in [0.2, 0.25) is 5.91 Å². The van der Waals surface area contributed by atoms with E-state index in [4.69, 9.17) is 0 Å². The quantitative estimate of drug-likeness (QED) is 0.564. The van der Waals surface area contributed by atoms with Gasteiger partial charge in [0.1, 0.15) is 0 Å². The number of rotatable bonds is 5. The van der Waals surface area contributed by atoms with E-state index in [9.17, 15) is 9.59 Å². The van der Waals surface area contributed by atoms with Gasteiger partial charge in [-0.25, -0.2) is 0 Å². The molecule has 0 radical (unpaired) electrons. The summed E-state index contributed by atoms with van der Waals surface area (Å²) < 4.78 is 4.51. The van der Waals surface area contributed by atoms with Crippen molar-refractivity contribution in [3.63, 3.8) is 0 Å². The molecule has 1 fully saturated rings. The van der Waals surface area contributed by atoms with E-state index in [0.717, 1.165) is 25.8 Å². The number of amides is 1. The highest BCUT2D eigenvalue weighted by Crippen LogP contribution is 2.06. The summed E-state index contributed by atoms with van der Waals surface area (Å²) in [6.07, 6.45) is 4.14. The molecule has 1 amide bonds. The van der Waals surface area contributed by atoms with Crippen molar-refractivity contribution in [2.75, 3.05) is 20.2 Å². The van der Waals surface area contributed by atoms with Crippen LogP contribution in [0.2, 0.25) is 0 Å². The molecule has 0 aromatic carbocycles. The van der Waals surface area contributed by atoms with Crippen LogP contribution in [-0.4, -0.2) is 38.1 Å². The maximum atomic E-state index is 11.6. The first-order valence-corrected chi connectivity index (χ1v) is 5.82. The summed E-state index contributed by atoms with van der Waals surface area (Å²) in [6.45, 7) is 1.45. The molecule has 6 heteroatoms. The minimum atomic E-state index is -0.231. The molecule has 2 N–H and O–H groups in total. The first kappa shape index (κ1) is 16.2. The maximum Gasteiger partial charge on any atom is 0.305 e. The lowest BCUT2D eigenvalue weighted by molar-refractivity contribution is -0.140. The van der Waals surface area contributed by atoms with E-state index in [-0.39, 0.29) is 30.3 Å². The molecule has 1 rings (SSSR count). The van der Waals surface area contributed by atoms with Crippen LogP contribution in [0.3, 0.4) is 0 Å². The Labute approximate surface area is 108 Å². The number of piperidine rings is 1. The van der Waals surface area contributed by atoms with Gasteiger partial charge >= 0.3 is 5.97 Å². The van der Waals surface area contributed by atoms with Gasteiger partial charge in [0.15, 0.2) is 0 Å². The fourth-order valence-corrected chi connectivity index (χ4v) is 1.75. The molecule has 1 aliphatic rings. The largest absolute Gasteiger partial charge is 0.469 e. The summed E-state index contributed by atoms with van der Waals surface area (Å²) in [7, 11) is 1.37. The van der Waals surface area contributed by atoms with Gasteiger partial charge < -0.3 is 15.4 Å². The van der Waals surface area contributed by atoms with Crippen molar-refractivity contribution in [3.8, 4) is 0 Å². The molecule has 0 bridgehead atoms. The molecule has 17 heavy (non-hydrogen) atoms. The lowest BCUT2D eigenvalue weighted by Gasteiger charge is -2.22. The van der Waals surface area contributed by atoms with Gasteiger partial charge in [-0.15, -0.1) is 12.4 Å². The van der Waals surface area contributed by atoms with Gasteiger partial charge in [0.05, 0.1) is 13.2 Å². The van der Waals surface area contributed by atoms with Crippen LogP contribution >= 0.6 is 12.4 Å². The molecule has 0 saturated carbocycles. The van der Waals surface area contributed by atoms with Crippen LogP contribution in [-0.2, 0) is 14.3 Å². The third-order valence-electron chi connectivity index (χ3n) is 2.71. The molecule has 1 heterocycles. The molecule has 0 spiro atoms. The van der Waals surface area contributed by atoms with Gasteiger partial charge in [-0.3, -0.25) is 9.59 Å². The lowest BCUT2D eigenvalue weighted by Crippen LogP contribution is -2.46. The molecule has 1 atom stereocenters. The van der Waals surface area contributed by atoms with Crippen molar-refractivity contribution in [2.24, 2.45) is 0 Å². The van der Waals surface area contributed by atoms with Crippen LogP contribution in [0.4, 0.5) is 0 Å². The summed E-state index contributed by atoms with van der Waals surface area (Å²) in [5.41, 5.74) is 0. The van der Waals surface area contributed by atoms with E-state index >= 15 is 0 Å². The molecular weight excluding hydrogens is 244 g/mol. The van der Waals surface area contributed by atoms with Gasteiger partial charge in [-0.2, -0.15) is 0 Å². The number of ether oxygens (including phenoxy) is 1. The van der Waals surface area contributed by atoms with E-state index in [1.54, 1.807) is 0 Å². The Balaban J connectivity index is 0.00000256. The van der Waals surface area contributed by atoms with Gasteiger partial charge in [-0.05, 0) is 25.8 Å².